The second-order valence-electron chi connectivity index (χ2n) is 5.04. The van der Waals surface area contributed by atoms with E-state index in [1.807, 2.05) is 18.2 Å². The smallest absolute Gasteiger partial charge is 0.337 e. The molecule has 2 N–H and O–H groups in total. The Morgan fingerprint density at radius 1 is 1.32 bits per heavy atom. The first kappa shape index (κ1) is 16.0. The van der Waals surface area contributed by atoms with Crippen molar-refractivity contribution in [1.29, 1.82) is 0 Å². The molecule has 0 unspecified atom stereocenters. The second kappa shape index (κ2) is 7.51. The number of carbonyl (C=O) groups is 1. The summed E-state index contributed by atoms with van der Waals surface area (Å²) in [5.41, 5.74) is 7.96. The zero-order valence-electron chi connectivity index (χ0n) is 11.3. The first-order valence-electron chi connectivity index (χ1n) is 6.66. The number of methoxy groups -OCH3 is 1. The van der Waals surface area contributed by atoms with Crippen LogP contribution in [-0.2, 0) is 4.74 Å². The Labute approximate surface area is 120 Å². The van der Waals surface area contributed by atoms with Crippen LogP contribution in [0.1, 0.15) is 54.1 Å². The van der Waals surface area contributed by atoms with E-state index in [9.17, 15) is 4.79 Å². The van der Waals surface area contributed by atoms with Gasteiger partial charge in [0.15, 0.2) is 0 Å². The third-order valence-corrected chi connectivity index (χ3v) is 3.85. The van der Waals surface area contributed by atoms with E-state index < -0.39 is 0 Å². The van der Waals surface area contributed by atoms with Crippen LogP contribution < -0.4 is 5.73 Å². The molecule has 0 aromatic heterocycles. The fourth-order valence-corrected chi connectivity index (χ4v) is 2.76. The largest absolute Gasteiger partial charge is 0.465 e. The van der Waals surface area contributed by atoms with Crippen LogP contribution in [0.4, 0.5) is 0 Å². The topological polar surface area (TPSA) is 52.3 Å². The minimum Gasteiger partial charge on any atom is -0.465 e. The predicted molar refractivity (Wildman–Crippen MR) is 78.5 cm³/mol. The van der Waals surface area contributed by atoms with Crippen LogP contribution in [0.3, 0.4) is 0 Å². The number of esters is 1. The summed E-state index contributed by atoms with van der Waals surface area (Å²) in [7, 11) is 1.40. The summed E-state index contributed by atoms with van der Waals surface area (Å²) < 4.78 is 4.74. The summed E-state index contributed by atoms with van der Waals surface area (Å²) in [4.78, 5) is 11.5. The molecule has 19 heavy (non-hydrogen) atoms. The number of hydrogen-bond acceptors (Lipinski definition) is 3. The van der Waals surface area contributed by atoms with Gasteiger partial charge >= 0.3 is 5.97 Å². The van der Waals surface area contributed by atoms with Gasteiger partial charge in [-0.25, -0.2) is 4.79 Å². The molecular formula is C15H22ClNO2. The van der Waals surface area contributed by atoms with Crippen LogP contribution >= 0.6 is 12.4 Å². The van der Waals surface area contributed by atoms with E-state index in [4.69, 9.17) is 10.5 Å². The van der Waals surface area contributed by atoms with Crippen LogP contribution in [0.5, 0.6) is 0 Å². The summed E-state index contributed by atoms with van der Waals surface area (Å²) in [5, 5.41) is 0. The fourth-order valence-electron chi connectivity index (χ4n) is 2.76. The highest BCUT2D eigenvalue weighted by Gasteiger charge is 2.22. The van der Waals surface area contributed by atoms with E-state index >= 15 is 0 Å². The molecule has 0 heterocycles. The minimum absolute atomic E-state index is 0. The standard InChI is InChI=1S/C15H21NO2.ClH/c1-18-15(17)13-9-5-8-12(10-13)14(16)11-6-3-2-4-7-11;/h5,8-11,14H,2-4,6-7,16H2,1H3;1H/t14-;/m1./s1. The maximum atomic E-state index is 11.5. The Balaban J connectivity index is 0.00000180. The molecule has 0 amide bonds. The summed E-state index contributed by atoms with van der Waals surface area (Å²) in [6, 6.07) is 7.55. The molecule has 4 heteroatoms. The third-order valence-electron chi connectivity index (χ3n) is 3.85. The van der Waals surface area contributed by atoms with Gasteiger partial charge in [0.2, 0.25) is 0 Å². The second-order valence-corrected chi connectivity index (χ2v) is 5.04. The zero-order chi connectivity index (χ0) is 13.0. The lowest BCUT2D eigenvalue weighted by molar-refractivity contribution is 0.0600. The summed E-state index contributed by atoms with van der Waals surface area (Å²) in [6.07, 6.45) is 6.27. The van der Waals surface area contributed by atoms with Crippen molar-refractivity contribution in [2.75, 3.05) is 7.11 Å². The monoisotopic (exact) mass is 283 g/mol. The fraction of sp³-hybridized carbons (Fsp3) is 0.533. The lowest BCUT2D eigenvalue weighted by Gasteiger charge is -2.27. The molecule has 3 nitrogen and oxygen atoms in total. The van der Waals surface area contributed by atoms with Crippen molar-refractivity contribution in [3.63, 3.8) is 0 Å². The number of halogens is 1. The van der Waals surface area contributed by atoms with Gasteiger partial charge in [0, 0.05) is 6.04 Å². The van der Waals surface area contributed by atoms with Crippen LogP contribution in [-0.4, -0.2) is 13.1 Å². The molecule has 106 valence electrons. The highest BCUT2D eigenvalue weighted by atomic mass is 35.5. The van der Waals surface area contributed by atoms with Crippen molar-refractivity contribution >= 4 is 18.4 Å². The van der Waals surface area contributed by atoms with E-state index in [1.165, 1.54) is 39.2 Å². The molecule has 0 spiro atoms. The molecule has 0 saturated heterocycles. The van der Waals surface area contributed by atoms with Crippen molar-refractivity contribution < 1.29 is 9.53 Å². The number of nitrogens with two attached hydrogens (primary N) is 1. The van der Waals surface area contributed by atoms with E-state index in [1.54, 1.807) is 6.07 Å². The molecule has 1 aliphatic rings. The van der Waals surface area contributed by atoms with Gasteiger partial charge in [-0.3, -0.25) is 0 Å². The predicted octanol–water partition coefficient (Wildman–Crippen LogP) is 3.48. The molecule has 1 saturated carbocycles. The van der Waals surface area contributed by atoms with Gasteiger partial charge in [-0.05, 0) is 36.5 Å². The lowest BCUT2D eigenvalue weighted by Crippen LogP contribution is -2.23. The highest BCUT2D eigenvalue weighted by Crippen LogP contribution is 2.33. The van der Waals surface area contributed by atoms with Crippen LogP contribution in [0, 0.1) is 5.92 Å². The SMILES string of the molecule is COC(=O)c1cccc([C@H](N)C2CCCCC2)c1.Cl. The average molecular weight is 284 g/mol. The molecule has 1 atom stereocenters. The van der Waals surface area contributed by atoms with E-state index in [0.717, 1.165) is 5.56 Å². The van der Waals surface area contributed by atoms with Gasteiger partial charge in [0.1, 0.15) is 0 Å². The summed E-state index contributed by atoms with van der Waals surface area (Å²) in [5.74, 6) is 0.249. The number of hydrogen-bond donors (Lipinski definition) is 1. The van der Waals surface area contributed by atoms with Gasteiger partial charge in [-0.15, -0.1) is 12.4 Å². The quantitative estimate of drug-likeness (QED) is 0.864. The van der Waals surface area contributed by atoms with Crippen LogP contribution in [0.15, 0.2) is 24.3 Å². The van der Waals surface area contributed by atoms with Crippen molar-refractivity contribution in [3.8, 4) is 0 Å². The molecule has 0 bridgehead atoms. The summed E-state index contributed by atoms with van der Waals surface area (Å²) in [6.45, 7) is 0. The summed E-state index contributed by atoms with van der Waals surface area (Å²) >= 11 is 0. The first-order chi connectivity index (χ1) is 8.72. The normalized spacial score (nSPS) is 17.4. The van der Waals surface area contributed by atoms with E-state index in [2.05, 4.69) is 0 Å². The van der Waals surface area contributed by atoms with E-state index in [0.29, 0.717) is 11.5 Å². The number of benzene rings is 1. The Morgan fingerprint density at radius 3 is 2.63 bits per heavy atom. The van der Waals surface area contributed by atoms with Crippen LogP contribution in [0.25, 0.3) is 0 Å². The van der Waals surface area contributed by atoms with Gasteiger partial charge in [0.05, 0.1) is 12.7 Å². The van der Waals surface area contributed by atoms with Crippen molar-refractivity contribution in [2.45, 2.75) is 38.1 Å². The molecule has 1 aromatic rings. The lowest BCUT2D eigenvalue weighted by atomic mass is 9.81. The number of carbonyl (C=O) groups excluding carboxylic acids is 1. The van der Waals surface area contributed by atoms with Gasteiger partial charge < -0.3 is 10.5 Å². The van der Waals surface area contributed by atoms with Crippen LogP contribution in [0.2, 0.25) is 0 Å². The van der Waals surface area contributed by atoms with Crippen molar-refractivity contribution in [1.82, 2.24) is 0 Å². The Hall–Kier alpha value is -1.06. The molecule has 1 aliphatic carbocycles. The molecule has 2 rings (SSSR count). The van der Waals surface area contributed by atoms with Crippen molar-refractivity contribution in [3.05, 3.63) is 35.4 Å². The van der Waals surface area contributed by atoms with Gasteiger partial charge in [0.25, 0.3) is 0 Å². The zero-order valence-corrected chi connectivity index (χ0v) is 12.1. The van der Waals surface area contributed by atoms with E-state index in [-0.39, 0.29) is 24.4 Å². The Morgan fingerprint density at radius 2 is 2.00 bits per heavy atom. The first-order valence-corrected chi connectivity index (χ1v) is 6.66. The minimum atomic E-state index is -0.298. The average Bonchev–Trinajstić information content (AvgIpc) is 2.46. The van der Waals surface area contributed by atoms with Gasteiger partial charge in [-0.2, -0.15) is 0 Å². The number of rotatable bonds is 3. The molecule has 1 fully saturated rings. The molecule has 0 aliphatic heterocycles. The third kappa shape index (κ3) is 3.95. The maximum Gasteiger partial charge on any atom is 0.337 e. The molecular weight excluding hydrogens is 262 g/mol. The molecule has 1 aromatic carbocycles. The molecule has 0 radical (unpaired) electrons. The Bertz CT molecular complexity index is 416. The number of ether oxygens (including phenoxy) is 1. The van der Waals surface area contributed by atoms with Crippen molar-refractivity contribution in [2.24, 2.45) is 11.7 Å². The van der Waals surface area contributed by atoms with Gasteiger partial charge in [-0.1, -0.05) is 31.4 Å². The maximum absolute atomic E-state index is 11.5. The highest BCUT2D eigenvalue weighted by molar-refractivity contribution is 5.89. The Kier molecular flexibility index (Phi) is 6.32.